The van der Waals surface area contributed by atoms with E-state index in [-0.39, 0.29) is 5.41 Å². The Morgan fingerprint density at radius 2 is 1.44 bits per heavy atom. The van der Waals surface area contributed by atoms with Crippen LogP contribution in [0.25, 0.3) is 49.7 Å². The fourth-order valence-electron chi connectivity index (χ4n) is 5.71. The Labute approximate surface area is 185 Å². The minimum absolute atomic E-state index is 0.0872. The molecule has 4 nitrogen and oxygen atoms in total. The van der Waals surface area contributed by atoms with Crippen molar-refractivity contribution in [3.05, 3.63) is 96.6 Å². The van der Waals surface area contributed by atoms with Gasteiger partial charge in [-0.1, -0.05) is 74.5 Å². The van der Waals surface area contributed by atoms with Crippen LogP contribution in [0.5, 0.6) is 0 Å². The van der Waals surface area contributed by atoms with Gasteiger partial charge in [0.25, 0.3) is 0 Å². The number of hydrogen-bond donors (Lipinski definition) is 0. The summed E-state index contributed by atoms with van der Waals surface area (Å²) in [6.07, 6.45) is 3.11. The Kier molecular flexibility index (Phi) is 3.31. The number of nitrogens with zero attached hydrogens (tertiary/aromatic N) is 4. The third-order valence-electron chi connectivity index (χ3n) is 7.01. The van der Waals surface area contributed by atoms with E-state index in [1.807, 2.05) is 0 Å². The van der Waals surface area contributed by atoms with E-state index >= 15 is 0 Å². The van der Waals surface area contributed by atoms with Gasteiger partial charge in [-0.25, -0.2) is 15.0 Å². The second-order valence-corrected chi connectivity index (χ2v) is 9.01. The second kappa shape index (κ2) is 6.01. The first-order chi connectivity index (χ1) is 15.7. The van der Waals surface area contributed by atoms with Crippen LogP contribution in [0.4, 0.5) is 0 Å². The molecule has 32 heavy (non-hydrogen) atoms. The van der Waals surface area contributed by atoms with Gasteiger partial charge in [-0.3, -0.25) is 4.57 Å². The molecule has 0 unspecified atom stereocenters. The van der Waals surface area contributed by atoms with Crippen LogP contribution < -0.4 is 0 Å². The lowest BCUT2D eigenvalue weighted by molar-refractivity contribution is 0.666. The molecule has 2 heterocycles. The first-order valence-electron chi connectivity index (χ1n) is 10.9. The van der Waals surface area contributed by atoms with E-state index in [1.165, 1.54) is 43.8 Å². The van der Waals surface area contributed by atoms with E-state index in [0.29, 0.717) is 5.95 Å². The SMILES string of the molecule is CC1(C)c2ccccc2-c2ccc3ccc4c(c5ccccc5n4-c4ncncn4)c3c21. The number of benzene rings is 4. The third-order valence-corrected chi connectivity index (χ3v) is 7.01. The molecule has 0 radical (unpaired) electrons. The van der Waals surface area contributed by atoms with Crippen molar-refractivity contribution in [1.29, 1.82) is 0 Å². The number of hydrogen-bond acceptors (Lipinski definition) is 3. The zero-order valence-electron chi connectivity index (χ0n) is 17.9. The minimum Gasteiger partial charge on any atom is -0.278 e. The largest absolute Gasteiger partial charge is 0.278 e. The van der Waals surface area contributed by atoms with E-state index in [9.17, 15) is 0 Å². The molecule has 0 atom stereocenters. The molecule has 1 aliphatic rings. The Hall–Kier alpha value is -4.05. The van der Waals surface area contributed by atoms with Gasteiger partial charge in [-0.15, -0.1) is 0 Å². The average Bonchev–Trinajstić information content (AvgIpc) is 3.29. The van der Waals surface area contributed by atoms with Gasteiger partial charge in [-0.2, -0.15) is 0 Å². The molecule has 7 rings (SSSR count). The summed E-state index contributed by atoms with van der Waals surface area (Å²) in [4.78, 5) is 13.0. The molecule has 6 aromatic rings. The molecule has 0 amide bonds. The third kappa shape index (κ3) is 2.09. The highest BCUT2D eigenvalue weighted by molar-refractivity contribution is 6.23. The molecule has 1 aliphatic carbocycles. The van der Waals surface area contributed by atoms with Crippen LogP contribution in [-0.4, -0.2) is 19.5 Å². The summed E-state index contributed by atoms with van der Waals surface area (Å²) in [5.74, 6) is 0.640. The number of fused-ring (bicyclic) bond motifs is 9. The van der Waals surface area contributed by atoms with Gasteiger partial charge >= 0.3 is 0 Å². The summed E-state index contributed by atoms with van der Waals surface area (Å²) in [5.41, 5.74) is 7.60. The summed E-state index contributed by atoms with van der Waals surface area (Å²) in [7, 11) is 0. The Balaban J connectivity index is 1.73. The zero-order valence-corrected chi connectivity index (χ0v) is 17.9. The van der Waals surface area contributed by atoms with E-state index in [1.54, 1.807) is 12.7 Å². The van der Waals surface area contributed by atoms with E-state index in [0.717, 1.165) is 11.0 Å². The van der Waals surface area contributed by atoms with Crippen molar-refractivity contribution in [2.24, 2.45) is 0 Å². The topological polar surface area (TPSA) is 43.6 Å². The van der Waals surface area contributed by atoms with Crippen LogP contribution in [0.2, 0.25) is 0 Å². The zero-order chi connectivity index (χ0) is 21.4. The molecule has 4 heteroatoms. The smallest absolute Gasteiger partial charge is 0.237 e. The lowest BCUT2D eigenvalue weighted by atomic mass is 9.79. The van der Waals surface area contributed by atoms with Crippen molar-refractivity contribution in [2.75, 3.05) is 0 Å². The van der Waals surface area contributed by atoms with Crippen LogP contribution in [0, 0.1) is 0 Å². The Morgan fingerprint density at radius 1 is 0.688 bits per heavy atom. The molecule has 4 aromatic carbocycles. The number of aromatic nitrogens is 4. The van der Waals surface area contributed by atoms with Crippen molar-refractivity contribution in [3.8, 4) is 17.1 Å². The van der Waals surface area contributed by atoms with E-state index < -0.39 is 0 Å². The second-order valence-electron chi connectivity index (χ2n) is 9.01. The van der Waals surface area contributed by atoms with Crippen molar-refractivity contribution < 1.29 is 0 Å². The van der Waals surface area contributed by atoms with Crippen LogP contribution in [0.3, 0.4) is 0 Å². The summed E-state index contributed by atoms with van der Waals surface area (Å²) < 4.78 is 2.15. The first-order valence-corrected chi connectivity index (χ1v) is 10.9. The van der Waals surface area contributed by atoms with Crippen molar-refractivity contribution >= 4 is 32.6 Å². The normalized spacial score (nSPS) is 14.2. The van der Waals surface area contributed by atoms with E-state index in [2.05, 4.69) is 106 Å². The van der Waals surface area contributed by atoms with E-state index in [4.69, 9.17) is 0 Å². The molecule has 152 valence electrons. The molecule has 0 spiro atoms. The maximum absolute atomic E-state index is 4.48. The summed E-state index contributed by atoms with van der Waals surface area (Å²) in [5, 5.41) is 5.06. The number of rotatable bonds is 1. The molecular weight excluding hydrogens is 392 g/mol. The summed E-state index contributed by atoms with van der Waals surface area (Å²) >= 11 is 0. The van der Waals surface area contributed by atoms with Crippen LogP contribution in [0.15, 0.2) is 85.5 Å². The molecule has 0 bridgehead atoms. The highest BCUT2D eigenvalue weighted by Gasteiger charge is 2.37. The standard InChI is InChI=1S/C28H20N4/c1-28(2)21-9-5-3-7-18(21)19-13-11-17-12-14-23-25(24(17)26(19)28)20-8-4-6-10-22(20)32(23)27-30-15-29-16-31-27/h3-16H,1-2H3. The maximum Gasteiger partial charge on any atom is 0.237 e. The lowest BCUT2D eigenvalue weighted by Crippen LogP contribution is -2.15. The Morgan fingerprint density at radius 3 is 2.31 bits per heavy atom. The molecular formula is C28H20N4. The monoisotopic (exact) mass is 412 g/mol. The first kappa shape index (κ1) is 17.6. The van der Waals surface area contributed by atoms with Crippen molar-refractivity contribution in [1.82, 2.24) is 19.5 Å². The quantitative estimate of drug-likeness (QED) is 0.313. The highest BCUT2D eigenvalue weighted by atomic mass is 15.2. The predicted molar refractivity (Wildman–Crippen MR) is 129 cm³/mol. The maximum atomic E-state index is 4.48. The van der Waals surface area contributed by atoms with Crippen molar-refractivity contribution in [3.63, 3.8) is 0 Å². The number of para-hydroxylation sites is 1. The van der Waals surface area contributed by atoms with Gasteiger partial charge in [0.15, 0.2) is 0 Å². The van der Waals surface area contributed by atoms with Gasteiger partial charge in [0.05, 0.1) is 11.0 Å². The molecule has 0 aliphatic heterocycles. The lowest BCUT2D eigenvalue weighted by Gasteiger charge is -2.23. The molecule has 0 N–H and O–H groups in total. The molecule has 0 saturated heterocycles. The summed E-state index contributed by atoms with van der Waals surface area (Å²) in [6, 6.07) is 26.3. The minimum atomic E-state index is -0.0872. The fraction of sp³-hybridized carbons (Fsp3) is 0.107. The van der Waals surface area contributed by atoms with Gasteiger partial charge in [0.2, 0.25) is 5.95 Å². The predicted octanol–water partition coefficient (Wildman–Crippen LogP) is 6.43. The van der Waals surface area contributed by atoms with Crippen molar-refractivity contribution in [2.45, 2.75) is 19.3 Å². The van der Waals surface area contributed by atoms with Gasteiger partial charge in [0.1, 0.15) is 12.7 Å². The van der Waals surface area contributed by atoms with Gasteiger partial charge in [0, 0.05) is 16.2 Å². The van der Waals surface area contributed by atoms with Gasteiger partial charge in [-0.05, 0) is 45.2 Å². The summed E-state index contributed by atoms with van der Waals surface area (Å²) in [6.45, 7) is 4.70. The van der Waals surface area contributed by atoms with Crippen LogP contribution >= 0.6 is 0 Å². The highest BCUT2D eigenvalue weighted by Crippen LogP contribution is 2.53. The van der Waals surface area contributed by atoms with Crippen LogP contribution in [0.1, 0.15) is 25.0 Å². The molecule has 0 saturated carbocycles. The fourth-order valence-corrected chi connectivity index (χ4v) is 5.71. The van der Waals surface area contributed by atoms with Gasteiger partial charge < -0.3 is 0 Å². The molecule has 2 aromatic heterocycles. The van der Waals surface area contributed by atoms with Crippen LogP contribution in [-0.2, 0) is 5.41 Å². The Bertz CT molecular complexity index is 1690. The average molecular weight is 412 g/mol. The molecule has 0 fully saturated rings.